The summed E-state index contributed by atoms with van der Waals surface area (Å²) in [6.07, 6.45) is 1.97. The summed E-state index contributed by atoms with van der Waals surface area (Å²) in [6.45, 7) is 6.91. The van der Waals surface area contributed by atoms with Crippen molar-refractivity contribution in [1.29, 1.82) is 0 Å². The Morgan fingerprint density at radius 2 is 1.74 bits per heavy atom. The van der Waals surface area contributed by atoms with Crippen molar-refractivity contribution in [3.63, 3.8) is 0 Å². The van der Waals surface area contributed by atoms with Gasteiger partial charge in [-0.25, -0.2) is 4.99 Å². The molecule has 0 aliphatic carbocycles. The first-order chi connectivity index (χ1) is 15.0. The van der Waals surface area contributed by atoms with Crippen LogP contribution in [0.5, 0.6) is 5.75 Å². The zero-order chi connectivity index (χ0) is 22.0. The van der Waals surface area contributed by atoms with E-state index < -0.39 is 0 Å². The number of amidine groups is 1. The number of hydrogen-bond acceptors (Lipinski definition) is 4. The number of amides is 1. The van der Waals surface area contributed by atoms with E-state index in [1.807, 2.05) is 60.7 Å². The smallest absolute Gasteiger partial charge is 0.266 e. The second-order valence-electron chi connectivity index (χ2n) is 8.05. The van der Waals surface area contributed by atoms with E-state index in [0.29, 0.717) is 17.4 Å². The predicted octanol–water partition coefficient (Wildman–Crippen LogP) is 6.42. The third-order valence-electron chi connectivity index (χ3n) is 5.12. The van der Waals surface area contributed by atoms with Crippen LogP contribution in [0.15, 0.2) is 70.6 Å². The lowest BCUT2D eigenvalue weighted by Crippen LogP contribution is -2.32. The van der Waals surface area contributed by atoms with Crippen LogP contribution in [-0.4, -0.2) is 29.6 Å². The molecule has 0 aromatic heterocycles. The van der Waals surface area contributed by atoms with E-state index in [9.17, 15) is 4.79 Å². The molecule has 31 heavy (non-hydrogen) atoms. The van der Waals surface area contributed by atoms with Crippen molar-refractivity contribution < 1.29 is 9.53 Å². The normalized spacial score (nSPS) is 16.8. The number of hydrogen-bond donors (Lipinski definition) is 0. The molecule has 1 saturated heterocycles. The Labute approximate surface area is 187 Å². The summed E-state index contributed by atoms with van der Waals surface area (Å²) >= 11 is 1.44. The second-order valence-corrected chi connectivity index (χ2v) is 9.06. The topological polar surface area (TPSA) is 41.9 Å². The van der Waals surface area contributed by atoms with Gasteiger partial charge in [-0.05, 0) is 59.8 Å². The first-order valence-electron chi connectivity index (χ1n) is 10.4. The molecule has 1 amide bonds. The van der Waals surface area contributed by atoms with Gasteiger partial charge in [-0.1, -0.05) is 61.9 Å². The van der Waals surface area contributed by atoms with Gasteiger partial charge < -0.3 is 4.74 Å². The molecule has 0 atom stereocenters. The average molecular weight is 431 g/mol. The summed E-state index contributed by atoms with van der Waals surface area (Å²) in [5, 5.41) is 2.82. The molecule has 0 spiro atoms. The van der Waals surface area contributed by atoms with Crippen molar-refractivity contribution in [2.75, 3.05) is 13.7 Å². The zero-order valence-electron chi connectivity index (χ0n) is 18.3. The van der Waals surface area contributed by atoms with Crippen LogP contribution in [0.4, 0.5) is 5.69 Å². The summed E-state index contributed by atoms with van der Waals surface area (Å²) < 4.78 is 5.51. The maximum absolute atomic E-state index is 13.3. The molecule has 158 valence electrons. The Morgan fingerprint density at radius 1 is 1.03 bits per heavy atom. The first kappa shape index (κ1) is 21.2. The molecule has 0 unspecified atom stereocenters. The van der Waals surface area contributed by atoms with Crippen LogP contribution < -0.4 is 4.74 Å². The molecule has 4 rings (SSSR count). The van der Waals surface area contributed by atoms with Crippen LogP contribution in [0, 0.1) is 12.8 Å². The molecule has 1 fully saturated rings. The number of aliphatic imine (C=N–C) groups is 1. The summed E-state index contributed by atoms with van der Waals surface area (Å²) in [5.74, 6) is 1.17. The van der Waals surface area contributed by atoms with E-state index in [-0.39, 0.29) is 5.91 Å². The molecule has 4 nitrogen and oxygen atoms in total. The predicted molar refractivity (Wildman–Crippen MR) is 131 cm³/mol. The van der Waals surface area contributed by atoms with Gasteiger partial charge in [0.25, 0.3) is 5.91 Å². The number of thioether (sulfide) groups is 1. The lowest BCUT2D eigenvalue weighted by Gasteiger charge is -2.17. The number of carbonyl (C=O) groups is 1. The molecular weight excluding hydrogens is 404 g/mol. The third-order valence-corrected chi connectivity index (χ3v) is 6.13. The average Bonchev–Trinajstić information content (AvgIpc) is 3.04. The maximum Gasteiger partial charge on any atom is 0.266 e. The highest BCUT2D eigenvalue weighted by molar-refractivity contribution is 8.18. The van der Waals surface area contributed by atoms with Gasteiger partial charge in [0.05, 0.1) is 17.7 Å². The number of ether oxygens (including phenoxy) is 1. The van der Waals surface area contributed by atoms with Crippen molar-refractivity contribution in [3.05, 3.63) is 76.7 Å². The van der Waals surface area contributed by atoms with E-state index in [1.54, 1.807) is 12.0 Å². The van der Waals surface area contributed by atoms with Gasteiger partial charge in [0.2, 0.25) is 0 Å². The molecule has 3 aromatic rings. The summed E-state index contributed by atoms with van der Waals surface area (Å²) in [6, 6.07) is 20.1. The number of benzene rings is 3. The van der Waals surface area contributed by atoms with Crippen LogP contribution in [0.25, 0.3) is 16.8 Å². The first-order valence-corrected chi connectivity index (χ1v) is 11.2. The molecule has 0 N–H and O–H groups in total. The number of rotatable bonds is 5. The Bertz CT molecular complexity index is 1180. The van der Waals surface area contributed by atoms with Crippen LogP contribution in [-0.2, 0) is 4.79 Å². The maximum atomic E-state index is 13.3. The van der Waals surface area contributed by atoms with Gasteiger partial charge in [0.1, 0.15) is 5.75 Å². The highest BCUT2D eigenvalue weighted by atomic mass is 32.2. The molecule has 1 heterocycles. The lowest BCUT2D eigenvalue weighted by atomic mass is 10.0. The van der Waals surface area contributed by atoms with Crippen molar-refractivity contribution in [2.24, 2.45) is 10.9 Å². The molecular formula is C26H26N2O2S. The van der Waals surface area contributed by atoms with Crippen LogP contribution in [0.3, 0.4) is 0 Å². The quantitative estimate of drug-likeness (QED) is 0.439. The molecule has 0 saturated carbocycles. The van der Waals surface area contributed by atoms with Crippen LogP contribution >= 0.6 is 11.8 Å². The van der Waals surface area contributed by atoms with Gasteiger partial charge in [-0.2, -0.15) is 0 Å². The van der Waals surface area contributed by atoms with Gasteiger partial charge in [-0.15, -0.1) is 0 Å². The minimum absolute atomic E-state index is 0.00413. The van der Waals surface area contributed by atoms with E-state index in [2.05, 4.69) is 26.8 Å². The largest absolute Gasteiger partial charge is 0.496 e. The fraction of sp³-hybridized carbons (Fsp3) is 0.231. The minimum atomic E-state index is 0.00413. The molecule has 5 heteroatoms. The highest BCUT2D eigenvalue weighted by Crippen LogP contribution is 2.37. The van der Waals surface area contributed by atoms with E-state index in [1.165, 1.54) is 17.3 Å². The number of aryl methyl sites for hydroxylation is 1. The SMILES string of the molecule is COc1ccc(/C=C2/SC(=Nc3ccc(C)cc3)N(CC(C)C)C2=O)c2ccccc12. The fourth-order valence-electron chi connectivity index (χ4n) is 3.59. The Hall–Kier alpha value is -3.05. The van der Waals surface area contributed by atoms with Gasteiger partial charge in [-0.3, -0.25) is 9.69 Å². The molecule has 0 radical (unpaired) electrons. The zero-order valence-corrected chi connectivity index (χ0v) is 19.1. The monoisotopic (exact) mass is 430 g/mol. The van der Waals surface area contributed by atoms with Gasteiger partial charge in [0.15, 0.2) is 5.17 Å². The lowest BCUT2D eigenvalue weighted by molar-refractivity contribution is -0.122. The number of nitrogens with zero attached hydrogens (tertiary/aromatic N) is 2. The van der Waals surface area contributed by atoms with Crippen LogP contribution in [0.2, 0.25) is 0 Å². The van der Waals surface area contributed by atoms with Crippen molar-refractivity contribution in [2.45, 2.75) is 20.8 Å². The summed E-state index contributed by atoms with van der Waals surface area (Å²) in [5.41, 5.74) is 3.03. The van der Waals surface area contributed by atoms with Crippen LogP contribution in [0.1, 0.15) is 25.0 Å². The Morgan fingerprint density at radius 3 is 2.42 bits per heavy atom. The Balaban J connectivity index is 1.75. The summed E-state index contributed by atoms with van der Waals surface area (Å²) in [4.78, 5) is 20.6. The van der Waals surface area contributed by atoms with Crippen molar-refractivity contribution >= 4 is 45.4 Å². The number of methoxy groups -OCH3 is 1. The number of carbonyl (C=O) groups excluding carboxylic acids is 1. The second kappa shape index (κ2) is 8.98. The molecule has 3 aromatic carbocycles. The van der Waals surface area contributed by atoms with E-state index in [4.69, 9.17) is 9.73 Å². The fourth-order valence-corrected chi connectivity index (χ4v) is 4.59. The minimum Gasteiger partial charge on any atom is -0.496 e. The highest BCUT2D eigenvalue weighted by Gasteiger charge is 2.33. The van der Waals surface area contributed by atoms with Crippen molar-refractivity contribution in [3.8, 4) is 5.75 Å². The third kappa shape index (κ3) is 4.52. The van der Waals surface area contributed by atoms with Crippen molar-refractivity contribution in [1.82, 2.24) is 4.90 Å². The molecule has 1 aliphatic rings. The van der Waals surface area contributed by atoms with Gasteiger partial charge in [0, 0.05) is 11.9 Å². The Kier molecular flexibility index (Phi) is 6.14. The van der Waals surface area contributed by atoms with Gasteiger partial charge >= 0.3 is 0 Å². The molecule has 0 bridgehead atoms. The van der Waals surface area contributed by atoms with E-state index in [0.717, 1.165) is 32.9 Å². The summed E-state index contributed by atoms with van der Waals surface area (Å²) in [7, 11) is 1.67. The number of fused-ring (bicyclic) bond motifs is 1. The van der Waals surface area contributed by atoms with E-state index >= 15 is 0 Å². The standard InChI is InChI=1S/C26H26N2O2S/c1-17(2)16-28-25(29)24(31-26(28)27-20-12-9-18(3)10-13-20)15-19-11-14-23(30-4)22-8-6-5-7-21(19)22/h5-15,17H,16H2,1-4H3/b24-15+,27-26?. The molecule has 1 aliphatic heterocycles.